The van der Waals surface area contributed by atoms with Crippen molar-refractivity contribution in [3.05, 3.63) is 17.5 Å². The van der Waals surface area contributed by atoms with Crippen LogP contribution in [0.3, 0.4) is 0 Å². The molecule has 0 amide bonds. The average Bonchev–Trinajstić information content (AvgIpc) is 2.43. The van der Waals surface area contributed by atoms with Crippen molar-refractivity contribution in [2.75, 3.05) is 6.54 Å². The number of rotatable bonds is 6. The molecule has 1 atom stereocenters. The molecule has 17 heavy (non-hydrogen) atoms. The Morgan fingerprint density at radius 1 is 1.47 bits per heavy atom. The molecule has 1 heterocycles. The molecule has 0 saturated heterocycles. The maximum atomic E-state index is 4.41. The first-order valence-electron chi connectivity index (χ1n) is 6.57. The molecule has 0 aliphatic heterocycles. The quantitative estimate of drug-likeness (QED) is 0.824. The molecule has 0 saturated carbocycles. The van der Waals surface area contributed by atoms with Gasteiger partial charge in [0.1, 0.15) is 0 Å². The number of nitrogens with one attached hydrogen (secondary N) is 1. The summed E-state index contributed by atoms with van der Waals surface area (Å²) in [4.78, 5) is 0. The molecule has 98 valence electrons. The minimum Gasteiger partial charge on any atom is -0.315 e. The number of nitrogens with zero attached hydrogens (tertiary/aromatic N) is 2. The fraction of sp³-hybridized carbons (Fsp3) is 0.786. The van der Waals surface area contributed by atoms with Crippen LogP contribution in [0, 0.1) is 12.3 Å². The van der Waals surface area contributed by atoms with Crippen LogP contribution in [0.25, 0.3) is 0 Å². The van der Waals surface area contributed by atoms with Gasteiger partial charge in [0.15, 0.2) is 0 Å². The van der Waals surface area contributed by atoms with Crippen LogP contribution in [0.15, 0.2) is 6.07 Å². The van der Waals surface area contributed by atoms with Gasteiger partial charge in [-0.15, -0.1) is 0 Å². The van der Waals surface area contributed by atoms with Gasteiger partial charge in [-0.2, -0.15) is 5.10 Å². The van der Waals surface area contributed by atoms with E-state index in [1.807, 2.05) is 11.7 Å². The van der Waals surface area contributed by atoms with Gasteiger partial charge in [-0.25, -0.2) is 0 Å². The van der Waals surface area contributed by atoms with E-state index in [4.69, 9.17) is 0 Å². The van der Waals surface area contributed by atoms with Crippen molar-refractivity contribution in [3.63, 3.8) is 0 Å². The molecule has 0 aliphatic rings. The van der Waals surface area contributed by atoms with Crippen molar-refractivity contribution in [1.29, 1.82) is 0 Å². The first-order valence-corrected chi connectivity index (χ1v) is 6.57. The second-order valence-electron chi connectivity index (χ2n) is 5.90. The Morgan fingerprint density at radius 3 is 2.59 bits per heavy atom. The van der Waals surface area contributed by atoms with Crippen LogP contribution in [-0.2, 0) is 13.5 Å². The minimum atomic E-state index is 0.307. The molecule has 1 aromatic rings. The van der Waals surface area contributed by atoms with Crippen LogP contribution in [0.1, 0.15) is 45.5 Å². The van der Waals surface area contributed by atoms with E-state index >= 15 is 0 Å². The molecule has 0 spiro atoms. The van der Waals surface area contributed by atoms with Crippen LogP contribution in [-0.4, -0.2) is 22.4 Å². The Hall–Kier alpha value is -0.830. The van der Waals surface area contributed by atoms with Crippen LogP contribution < -0.4 is 5.32 Å². The first kappa shape index (κ1) is 14.2. The van der Waals surface area contributed by atoms with E-state index in [1.54, 1.807) is 0 Å². The topological polar surface area (TPSA) is 29.9 Å². The van der Waals surface area contributed by atoms with Crippen LogP contribution in [0.2, 0.25) is 0 Å². The molecule has 1 aromatic heterocycles. The highest BCUT2D eigenvalue weighted by atomic mass is 15.3. The zero-order valence-electron chi connectivity index (χ0n) is 12.2. The van der Waals surface area contributed by atoms with Gasteiger partial charge in [-0.3, -0.25) is 4.68 Å². The Kier molecular flexibility index (Phi) is 4.75. The van der Waals surface area contributed by atoms with E-state index in [0.717, 1.165) is 18.7 Å². The van der Waals surface area contributed by atoms with Gasteiger partial charge in [0.25, 0.3) is 0 Å². The summed E-state index contributed by atoms with van der Waals surface area (Å²) < 4.78 is 2.01. The largest absolute Gasteiger partial charge is 0.315 e. The van der Waals surface area contributed by atoms with Crippen molar-refractivity contribution < 1.29 is 0 Å². The molecular formula is C14H27N3. The van der Waals surface area contributed by atoms with Crippen molar-refractivity contribution in [3.8, 4) is 0 Å². The zero-order valence-corrected chi connectivity index (χ0v) is 12.2. The number of aryl methyl sites for hydroxylation is 2. The standard InChI is InChI=1S/C14H27N3/c1-7-15-12(3)9-14(4,5)10-13-8-11(2)16-17(13)6/h8,12,15H,7,9-10H2,1-6H3. The van der Waals surface area contributed by atoms with E-state index in [0.29, 0.717) is 11.5 Å². The van der Waals surface area contributed by atoms with E-state index in [-0.39, 0.29) is 0 Å². The van der Waals surface area contributed by atoms with Crippen molar-refractivity contribution >= 4 is 0 Å². The monoisotopic (exact) mass is 237 g/mol. The normalized spacial score (nSPS) is 14.0. The summed E-state index contributed by atoms with van der Waals surface area (Å²) >= 11 is 0. The molecule has 1 N–H and O–H groups in total. The SMILES string of the molecule is CCNC(C)CC(C)(C)Cc1cc(C)nn1C. The molecular weight excluding hydrogens is 210 g/mol. The van der Waals surface area contributed by atoms with Crippen molar-refractivity contribution in [2.45, 2.75) is 53.5 Å². The molecule has 0 aliphatic carbocycles. The Labute approximate surface area is 106 Å². The number of hydrogen-bond donors (Lipinski definition) is 1. The smallest absolute Gasteiger partial charge is 0.0596 e. The third kappa shape index (κ3) is 4.50. The van der Waals surface area contributed by atoms with Crippen LogP contribution >= 0.6 is 0 Å². The molecule has 0 fully saturated rings. The summed E-state index contributed by atoms with van der Waals surface area (Å²) in [5.74, 6) is 0. The summed E-state index contributed by atoms with van der Waals surface area (Å²) in [5.41, 5.74) is 2.75. The van der Waals surface area contributed by atoms with Crippen LogP contribution in [0.4, 0.5) is 0 Å². The maximum absolute atomic E-state index is 4.41. The summed E-state index contributed by atoms with van der Waals surface area (Å²) in [6.07, 6.45) is 2.27. The Bertz CT molecular complexity index is 352. The van der Waals surface area contributed by atoms with Gasteiger partial charge in [0.05, 0.1) is 5.69 Å². The highest BCUT2D eigenvalue weighted by Crippen LogP contribution is 2.27. The third-order valence-electron chi connectivity index (χ3n) is 3.17. The van der Waals surface area contributed by atoms with Gasteiger partial charge in [-0.1, -0.05) is 20.8 Å². The average molecular weight is 237 g/mol. The summed E-state index contributed by atoms with van der Waals surface area (Å²) in [6.45, 7) is 12.2. The zero-order chi connectivity index (χ0) is 13.1. The Morgan fingerprint density at radius 2 is 2.12 bits per heavy atom. The second kappa shape index (κ2) is 5.67. The van der Waals surface area contributed by atoms with E-state index in [2.05, 4.69) is 51.1 Å². The first-order chi connectivity index (χ1) is 7.84. The van der Waals surface area contributed by atoms with Crippen molar-refractivity contribution in [2.24, 2.45) is 12.5 Å². The summed E-state index contributed by atoms with van der Waals surface area (Å²) in [5, 5.41) is 7.90. The van der Waals surface area contributed by atoms with Crippen LogP contribution in [0.5, 0.6) is 0 Å². The van der Waals surface area contributed by atoms with E-state index in [1.165, 1.54) is 12.1 Å². The molecule has 3 heteroatoms. The lowest BCUT2D eigenvalue weighted by atomic mass is 9.81. The number of hydrogen-bond acceptors (Lipinski definition) is 2. The maximum Gasteiger partial charge on any atom is 0.0596 e. The van der Waals surface area contributed by atoms with Crippen molar-refractivity contribution in [1.82, 2.24) is 15.1 Å². The highest BCUT2D eigenvalue weighted by molar-refractivity contribution is 5.10. The van der Waals surface area contributed by atoms with E-state index in [9.17, 15) is 0 Å². The fourth-order valence-electron chi connectivity index (χ4n) is 2.64. The predicted octanol–water partition coefficient (Wildman–Crippen LogP) is 2.69. The lowest BCUT2D eigenvalue weighted by molar-refractivity contribution is 0.283. The number of aromatic nitrogens is 2. The lowest BCUT2D eigenvalue weighted by Gasteiger charge is -2.28. The molecule has 3 nitrogen and oxygen atoms in total. The van der Waals surface area contributed by atoms with Gasteiger partial charge >= 0.3 is 0 Å². The fourth-order valence-corrected chi connectivity index (χ4v) is 2.64. The third-order valence-corrected chi connectivity index (χ3v) is 3.17. The lowest BCUT2D eigenvalue weighted by Crippen LogP contribution is -2.32. The summed E-state index contributed by atoms with van der Waals surface area (Å²) in [7, 11) is 2.03. The van der Waals surface area contributed by atoms with Gasteiger partial charge < -0.3 is 5.32 Å². The molecule has 0 radical (unpaired) electrons. The van der Waals surface area contributed by atoms with Gasteiger partial charge in [-0.05, 0) is 44.7 Å². The molecule has 0 aromatic carbocycles. The minimum absolute atomic E-state index is 0.307. The molecule has 1 rings (SSSR count). The van der Waals surface area contributed by atoms with Gasteiger partial charge in [0.2, 0.25) is 0 Å². The highest BCUT2D eigenvalue weighted by Gasteiger charge is 2.22. The van der Waals surface area contributed by atoms with Gasteiger partial charge in [0, 0.05) is 18.8 Å². The molecule has 0 bridgehead atoms. The van der Waals surface area contributed by atoms with E-state index < -0.39 is 0 Å². The Balaban J connectivity index is 2.62. The second-order valence-corrected chi connectivity index (χ2v) is 5.90. The predicted molar refractivity (Wildman–Crippen MR) is 73.2 cm³/mol. The summed E-state index contributed by atoms with van der Waals surface area (Å²) in [6, 6.07) is 2.77. The molecule has 1 unspecified atom stereocenters.